The number of hydrogen-bond donors (Lipinski definition) is 1. The molecule has 0 fully saturated rings. The standard InChI is InChI=1S/C20H18F3N5O2S/c1-31(29,30)17-3-2-9-24-19(17)28-10-8-15-16(11-28)25-12-26-18(15)27-14-6-4-13(5-7-14)20(21,22)23/h2-7,9,12H,8,10-11H2,1H3,(H,25,26,27). The number of aromatic nitrogens is 3. The minimum atomic E-state index is -4.40. The van der Waals surface area contributed by atoms with Gasteiger partial charge < -0.3 is 10.2 Å². The van der Waals surface area contributed by atoms with Crippen LogP contribution in [0.15, 0.2) is 53.8 Å². The van der Waals surface area contributed by atoms with E-state index in [1.165, 1.54) is 30.7 Å². The van der Waals surface area contributed by atoms with E-state index in [-0.39, 0.29) is 4.90 Å². The van der Waals surface area contributed by atoms with E-state index in [2.05, 4.69) is 20.3 Å². The lowest BCUT2D eigenvalue weighted by molar-refractivity contribution is -0.137. The van der Waals surface area contributed by atoms with Crippen LogP contribution in [0.25, 0.3) is 0 Å². The fraction of sp³-hybridized carbons (Fsp3) is 0.250. The van der Waals surface area contributed by atoms with Crippen LogP contribution in [0.5, 0.6) is 0 Å². The molecule has 11 heteroatoms. The van der Waals surface area contributed by atoms with E-state index in [4.69, 9.17) is 0 Å². The molecular formula is C20H18F3N5O2S. The summed E-state index contributed by atoms with van der Waals surface area (Å²) in [4.78, 5) is 14.8. The topological polar surface area (TPSA) is 88.1 Å². The third-order valence-corrected chi connectivity index (χ3v) is 6.05. The van der Waals surface area contributed by atoms with Crippen molar-refractivity contribution in [2.45, 2.75) is 24.0 Å². The van der Waals surface area contributed by atoms with E-state index < -0.39 is 21.6 Å². The Bertz CT molecular complexity index is 1210. The zero-order valence-electron chi connectivity index (χ0n) is 16.4. The summed E-state index contributed by atoms with van der Waals surface area (Å²) >= 11 is 0. The molecule has 0 bridgehead atoms. The number of nitrogens with one attached hydrogen (secondary N) is 1. The highest BCUT2D eigenvalue weighted by atomic mass is 32.2. The van der Waals surface area contributed by atoms with Gasteiger partial charge in [0.1, 0.15) is 22.9 Å². The van der Waals surface area contributed by atoms with Gasteiger partial charge in [0, 0.05) is 30.2 Å². The Hall–Kier alpha value is -3.21. The average molecular weight is 449 g/mol. The number of fused-ring (bicyclic) bond motifs is 1. The lowest BCUT2D eigenvalue weighted by Gasteiger charge is -2.30. The van der Waals surface area contributed by atoms with Gasteiger partial charge in [0.2, 0.25) is 0 Å². The molecule has 0 saturated carbocycles. The number of anilines is 3. The van der Waals surface area contributed by atoms with E-state index >= 15 is 0 Å². The summed E-state index contributed by atoms with van der Waals surface area (Å²) in [5.74, 6) is 0.875. The summed E-state index contributed by atoms with van der Waals surface area (Å²) < 4.78 is 62.5. The molecule has 1 aromatic carbocycles. The van der Waals surface area contributed by atoms with Gasteiger partial charge in [0.25, 0.3) is 0 Å². The zero-order chi connectivity index (χ0) is 22.2. The van der Waals surface area contributed by atoms with Crippen LogP contribution >= 0.6 is 0 Å². The second-order valence-corrected chi connectivity index (χ2v) is 9.10. The molecule has 0 spiro atoms. The molecule has 7 nitrogen and oxygen atoms in total. The normalized spacial score (nSPS) is 14.3. The van der Waals surface area contributed by atoms with Crippen LogP contribution in [0.2, 0.25) is 0 Å². The molecule has 162 valence electrons. The fourth-order valence-electron chi connectivity index (χ4n) is 3.43. The highest BCUT2D eigenvalue weighted by molar-refractivity contribution is 7.90. The lowest BCUT2D eigenvalue weighted by atomic mass is 10.1. The van der Waals surface area contributed by atoms with Crippen LogP contribution in [0.1, 0.15) is 16.8 Å². The van der Waals surface area contributed by atoms with E-state index in [9.17, 15) is 21.6 Å². The van der Waals surface area contributed by atoms with Crippen molar-refractivity contribution in [3.8, 4) is 0 Å². The van der Waals surface area contributed by atoms with Crippen LogP contribution in [-0.4, -0.2) is 36.2 Å². The number of pyridine rings is 1. The van der Waals surface area contributed by atoms with Gasteiger partial charge in [-0.1, -0.05) is 0 Å². The molecule has 0 unspecified atom stereocenters. The molecule has 0 atom stereocenters. The number of hydrogen-bond acceptors (Lipinski definition) is 7. The van der Waals surface area contributed by atoms with Gasteiger partial charge in [0.15, 0.2) is 9.84 Å². The Balaban J connectivity index is 1.59. The Morgan fingerprint density at radius 3 is 2.48 bits per heavy atom. The van der Waals surface area contributed by atoms with Crippen molar-refractivity contribution >= 4 is 27.2 Å². The van der Waals surface area contributed by atoms with E-state index in [0.29, 0.717) is 42.5 Å². The average Bonchev–Trinajstić information content (AvgIpc) is 2.73. The maximum Gasteiger partial charge on any atom is 0.416 e. The monoisotopic (exact) mass is 449 g/mol. The van der Waals surface area contributed by atoms with Crippen LogP contribution in [0.3, 0.4) is 0 Å². The van der Waals surface area contributed by atoms with E-state index in [1.54, 1.807) is 6.07 Å². The van der Waals surface area contributed by atoms with Crippen molar-refractivity contribution in [2.24, 2.45) is 0 Å². The van der Waals surface area contributed by atoms with Crippen LogP contribution in [-0.2, 0) is 29.0 Å². The van der Waals surface area contributed by atoms with E-state index in [0.717, 1.165) is 24.0 Å². The van der Waals surface area contributed by atoms with Gasteiger partial charge in [-0.05, 0) is 42.8 Å². The molecule has 3 aromatic rings. The molecule has 0 aliphatic carbocycles. The largest absolute Gasteiger partial charge is 0.416 e. The first-order valence-electron chi connectivity index (χ1n) is 9.30. The Kier molecular flexibility index (Phi) is 5.29. The lowest BCUT2D eigenvalue weighted by Crippen LogP contribution is -2.33. The van der Waals surface area contributed by atoms with E-state index in [1.807, 2.05) is 4.90 Å². The molecule has 1 N–H and O–H groups in total. The van der Waals surface area contributed by atoms with Crippen molar-refractivity contribution in [2.75, 3.05) is 23.0 Å². The first-order valence-corrected chi connectivity index (χ1v) is 11.2. The summed E-state index contributed by atoms with van der Waals surface area (Å²) in [6.45, 7) is 0.820. The first kappa shape index (κ1) is 21.0. The third kappa shape index (κ3) is 4.46. The van der Waals surface area contributed by atoms with Crippen LogP contribution in [0, 0.1) is 0 Å². The highest BCUT2D eigenvalue weighted by Gasteiger charge is 2.30. The third-order valence-electron chi connectivity index (χ3n) is 4.93. The summed E-state index contributed by atoms with van der Waals surface area (Å²) in [5, 5.41) is 3.05. The number of rotatable bonds is 4. The molecule has 31 heavy (non-hydrogen) atoms. The van der Waals surface area contributed by atoms with Crippen LogP contribution < -0.4 is 10.2 Å². The quantitative estimate of drug-likeness (QED) is 0.651. The highest BCUT2D eigenvalue weighted by Crippen LogP contribution is 2.32. The minimum Gasteiger partial charge on any atom is -0.349 e. The molecule has 3 heterocycles. The SMILES string of the molecule is CS(=O)(=O)c1cccnc1N1CCc2c(ncnc2Nc2ccc(C(F)(F)F)cc2)C1. The van der Waals surface area contributed by atoms with Gasteiger partial charge in [-0.25, -0.2) is 23.4 Å². The van der Waals surface area contributed by atoms with Gasteiger partial charge >= 0.3 is 6.18 Å². The Morgan fingerprint density at radius 2 is 1.81 bits per heavy atom. The molecule has 0 saturated heterocycles. The predicted octanol–water partition coefficient (Wildman–Crippen LogP) is 3.60. The van der Waals surface area contributed by atoms with Gasteiger partial charge in [0.05, 0.1) is 17.8 Å². The predicted molar refractivity (Wildman–Crippen MR) is 109 cm³/mol. The van der Waals surface area contributed by atoms with Gasteiger partial charge in [-0.3, -0.25) is 0 Å². The molecule has 0 amide bonds. The number of benzene rings is 1. The van der Waals surface area contributed by atoms with Gasteiger partial charge in [-0.2, -0.15) is 13.2 Å². The van der Waals surface area contributed by atoms with Crippen molar-refractivity contribution in [3.05, 3.63) is 65.7 Å². The molecule has 0 radical (unpaired) electrons. The minimum absolute atomic E-state index is 0.149. The zero-order valence-corrected chi connectivity index (χ0v) is 17.2. The van der Waals surface area contributed by atoms with Crippen molar-refractivity contribution in [3.63, 3.8) is 0 Å². The first-order chi connectivity index (χ1) is 14.6. The maximum absolute atomic E-state index is 12.8. The molecule has 4 rings (SSSR count). The Morgan fingerprint density at radius 1 is 1.06 bits per heavy atom. The molecule has 1 aliphatic rings. The molecule has 1 aliphatic heterocycles. The second kappa shape index (κ2) is 7.80. The summed E-state index contributed by atoms with van der Waals surface area (Å²) in [7, 11) is -3.45. The number of sulfone groups is 1. The molecule has 2 aromatic heterocycles. The maximum atomic E-state index is 12.8. The van der Waals surface area contributed by atoms with Crippen molar-refractivity contribution in [1.29, 1.82) is 0 Å². The Labute approximate surface area is 176 Å². The second-order valence-electron chi connectivity index (χ2n) is 7.12. The fourth-order valence-corrected chi connectivity index (χ4v) is 4.27. The molecular weight excluding hydrogens is 431 g/mol. The van der Waals surface area contributed by atoms with Crippen molar-refractivity contribution in [1.82, 2.24) is 15.0 Å². The van der Waals surface area contributed by atoms with Crippen molar-refractivity contribution < 1.29 is 21.6 Å². The van der Waals surface area contributed by atoms with Gasteiger partial charge in [-0.15, -0.1) is 0 Å². The number of nitrogens with zero attached hydrogens (tertiary/aromatic N) is 4. The number of halogens is 3. The van der Waals surface area contributed by atoms with Crippen LogP contribution in [0.4, 0.5) is 30.5 Å². The summed E-state index contributed by atoms with van der Waals surface area (Å²) in [5.41, 5.74) is 1.27. The number of alkyl halides is 3. The summed E-state index contributed by atoms with van der Waals surface area (Å²) in [6, 6.07) is 7.80. The summed E-state index contributed by atoms with van der Waals surface area (Å²) in [6.07, 6.45) is 0.159. The smallest absolute Gasteiger partial charge is 0.349 e.